The van der Waals surface area contributed by atoms with Crippen LogP contribution < -0.4 is 0 Å². The predicted molar refractivity (Wildman–Crippen MR) is 61.9 cm³/mol. The number of carbonyl (C=O) groups excluding carboxylic acids is 2. The molecule has 2 atom stereocenters. The van der Waals surface area contributed by atoms with Crippen LogP contribution in [-0.2, 0) is 14.3 Å². The molecule has 1 saturated carbocycles. The lowest BCUT2D eigenvalue weighted by molar-refractivity contribution is -0.148. The van der Waals surface area contributed by atoms with Gasteiger partial charge in [-0.2, -0.15) is 0 Å². The summed E-state index contributed by atoms with van der Waals surface area (Å²) >= 11 is 0. The highest BCUT2D eigenvalue weighted by atomic mass is 16.5. The molecule has 0 N–H and O–H groups in total. The number of esters is 1. The first-order valence-electron chi connectivity index (χ1n) is 6.03. The van der Waals surface area contributed by atoms with Crippen LogP contribution in [-0.4, -0.2) is 18.4 Å². The summed E-state index contributed by atoms with van der Waals surface area (Å²) in [6, 6.07) is 0. The van der Waals surface area contributed by atoms with Crippen LogP contribution in [0.2, 0.25) is 0 Å². The zero-order valence-corrected chi connectivity index (χ0v) is 10.7. The van der Waals surface area contributed by atoms with Crippen LogP contribution in [0.25, 0.3) is 0 Å². The average molecular weight is 226 g/mol. The summed E-state index contributed by atoms with van der Waals surface area (Å²) in [5.41, 5.74) is -0.189. The zero-order valence-electron chi connectivity index (χ0n) is 10.7. The molecule has 1 aliphatic rings. The van der Waals surface area contributed by atoms with Crippen molar-refractivity contribution in [3.05, 3.63) is 0 Å². The Kier molecular flexibility index (Phi) is 4.11. The van der Waals surface area contributed by atoms with E-state index < -0.39 is 0 Å². The lowest BCUT2D eigenvalue weighted by Crippen LogP contribution is -2.27. The first-order chi connectivity index (χ1) is 7.35. The van der Waals surface area contributed by atoms with Crippen LogP contribution >= 0.6 is 0 Å². The molecule has 92 valence electrons. The van der Waals surface area contributed by atoms with E-state index in [9.17, 15) is 9.59 Å². The molecule has 0 heterocycles. The summed E-state index contributed by atoms with van der Waals surface area (Å²) in [5.74, 6) is 0.454. The largest absolute Gasteiger partial charge is 0.465 e. The molecule has 0 saturated heterocycles. The first-order valence-corrected chi connectivity index (χ1v) is 6.03. The molecule has 1 fully saturated rings. The predicted octanol–water partition coefficient (Wildman–Crippen LogP) is 2.58. The van der Waals surface area contributed by atoms with Crippen molar-refractivity contribution in [2.45, 2.75) is 47.0 Å². The summed E-state index contributed by atoms with van der Waals surface area (Å²) in [7, 11) is 0. The van der Waals surface area contributed by atoms with Crippen molar-refractivity contribution in [2.75, 3.05) is 6.61 Å². The van der Waals surface area contributed by atoms with Gasteiger partial charge in [0.25, 0.3) is 0 Å². The van der Waals surface area contributed by atoms with Gasteiger partial charge in [-0.25, -0.2) is 0 Å². The molecule has 0 bridgehead atoms. The molecule has 2 unspecified atom stereocenters. The molecule has 0 amide bonds. The van der Waals surface area contributed by atoms with Gasteiger partial charge >= 0.3 is 5.97 Å². The van der Waals surface area contributed by atoms with Gasteiger partial charge in [-0.3, -0.25) is 9.59 Å². The molecule has 0 aromatic carbocycles. The Labute approximate surface area is 97.5 Å². The Morgan fingerprint density at radius 3 is 2.62 bits per heavy atom. The van der Waals surface area contributed by atoms with Crippen molar-refractivity contribution < 1.29 is 14.3 Å². The van der Waals surface area contributed by atoms with Gasteiger partial charge in [-0.1, -0.05) is 27.7 Å². The molecule has 0 radical (unpaired) electrons. The maximum Gasteiger partial charge on any atom is 0.306 e. The summed E-state index contributed by atoms with van der Waals surface area (Å²) in [4.78, 5) is 23.1. The van der Waals surface area contributed by atoms with Gasteiger partial charge in [0, 0.05) is 12.3 Å². The third-order valence-corrected chi connectivity index (χ3v) is 3.60. The molecule has 0 spiro atoms. The quantitative estimate of drug-likeness (QED) is 0.692. The number of Topliss-reactive ketones (excluding diaryl/α,β-unsaturated/α-hetero) is 1. The van der Waals surface area contributed by atoms with Crippen molar-refractivity contribution in [1.82, 2.24) is 0 Å². The third kappa shape index (κ3) is 3.06. The van der Waals surface area contributed by atoms with E-state index in [4.69, 9.17) is 4.74 Å². The fourth-order valence-corrected chi connectivity index (χ4v) is 2.11. The summed E-state index contributed by atoms with van der Waals surface area (Å²) in [5, 5.41) is 0. The molecule has 16 heavy (non-hydrogen) atoms. The van der Waals surface area contributed by atoms with Crippen LogP contribution in [0.15, 0.2) is 0 Å². The van der Waals surface area contributed by atoms with E-state index >= 15 is 0 Å². The molecule has 3 heteroatoms. The molecule has 0 aliphatic heterocycles. The third-order valence-electron chi connectivity index (χ3n) is 3.60. The fraction of sp³-hybridized carbons (Fsp3) is 0.846. The Bertz CT molecular complexity index is 283. The van der Waals surface area contributed by atoms with Crippen molar-refractivity contribution in [3.8, 4) is 0 Å². The summed E-state index contributed by atoms with van der Waals surface area (Å²) in [6.45, 7) is 8.43. The van der Waals surface area contributed by atoms with Gasteiger partial charge in [-0.05, 0) is 17.8 Å². The second-order valence-corrected chi connectivity index (χ2v) is 5.60. The molecule has 0 aromatic rings. The maximum atomic E-state index is 11.6. The second-order valence-electron chi connectivity index (χ2n) is 5.60. The number of ether oxygens (including phenoxy) is 1. The molecule has 1 aliphatic carbocycles. The van der Waals surface area contributed by atoms with E-state index in [0.29, 0.717) is 25.4 Å². The van der Waals surface area contributed by atoms with Crippen molar-refractivity contribution in [2.24, 2.45) is 17.3 Å². The van der Waals surface area contributed by atoms with Crippen molar-refractivity contribution in [3.63, 3.8) is 0 Å². The minimum absolute atomic E-state index is 0.0147. The van der Waals surface area contributed by atoms with Crippen molar-refractivity contribution >= 4 is 11.8 Å². The molecular weight excluding hydrogens is 204 g/mol. The SMILES string of the molecule is CC(C)COC(=O)CC1(C)CCC(=O)C1C. The molecular formula is C13H22O3. The van der Waals surface area contributed by atoms with Gasteiger partial charge in [0.2, 0.25) is 0 Å². The number of hydrogen-bond acceptors (Lipinski definition) is 3. The molecule has 1 rings (SSSR count). The van der Waals surface area contributed by atoms with E-state index in [2.05, 4.69) is 0 Å². The number of hydrogen-bond donors (Lipinski definition) is 0. The smallest absolute Gasteiger partial charge is 0.306 e. The van der Waals surface area contributed by atoms with Gasteiger partial charge in [0.15, 0.2) is 0 Å². The van der Waals surface area contributed by atoms with Gasteiger partial charge in [0.1, 0.15) is 5.78 Å². The Balaban J connectivity index is 2.47. The average Bonchev–Trinajstić information content (AvgIpc) is 2.44. The van der Waals surface area contributed by atoms with Crippen LogP contribution in [0.4, 0.5) is 0 Å². The highest BCUT2D eigenvalue weighted by Gasteiger charge is 2.43. The minimum Gasteiger partial charge on any atom is -0.465 e. The van der Waals surface area contributed by atoms with E-state index in [1.165, 1.54) is 0 Å². The topological polar surface area (TPSA) is 43.4 Å². The van der Waals surface area contributed by atoms with Crippen LogP contribution in [0.3, 0.4) is 0 Å². The Hall–Kier alpha value is -0.860. The fourth-order valence-electron chi connectivity index (χ4n) is 2.11. The van der Waals surface area contributed by atoms with E-state index in [1.54, 1.807) is 0 Å². The lowest BCUT2D eigenvalue weighted by Gasteiger charge is -2.26. The normalized spacial score (nSPS) is 29.8. The highest BCUT2D eigenvalue weighted by molar-refractivity contribution is 5.85. The summed E-state index contributed by atoms with van der Waals surface area (Å²) in [6.07, 6.45) is 1.78. The van der Waals surface area contributed by atoms with Crippen LogP contribution in [0, 0.1) is 17.3 Å². The van der Waals surface area contributed by atoms with E-state index in [1.807, 2.05) is 27.7 Å². The maximum absolute atomic E-state index is 11.6. The number of carbonyl (C=O) groups is 2. The van der Waals surface area contributed by atoms with Gasteiger partial charge in [0.05, 0.1) is 13.0 Å². The summed E-state index contributed by atoms with van der Waals surface area (Å²) < 4.78 is 5.16. The first kappa shape index (κ1) is 13.2. The number of rotatable bonds is 4. The highest BCUT2D eigenvalue weighted by Crippen LogP contribution is 2.43. The van der Waals surface area contributed by atoms with Crippen LogP contribution in [0.5, 0.6) is 0 Å². The number of ketones is 1. The second kappa shape index (κ2) is 4.98. The molecule has 0 aromatic heterocycles. The lowest BCUT2D eigenvalue weighted by atomic mass is 9.78. The molecule has 3 nitrogen and oxygen atoms in total. The Morgan fingerprint density at radius 1 is 1.56 bits per heavy atom. The van der Waals surface area contributed by atoms with Crippen molar-refractivity contribution in [1.29, 1.82) is 0 Å². The minimum atomic E-state index is -0.189. The van der Waals surface area contributed by atoms with Crippen LogP contribution in [0.1, 0.15) is 47.0 Å². The standard InChI is InChI=1S/C13H22O3/c1-9(2)8-16-12(15)7-13(4)6-5-11(14)10(13)3/h9-10H,5-8H2,1-4H3. The van der Waals surface area contributed by atoms with E-state index in [-0.39, 0.29) is 23.1 Å². The van der Waals surface area contributed by atoms with E-state index in [0.717, 1.165) is 6.42 Å². The Morgan fingerprint density at radius 2 is 2.19 bits per heavy atom. The monoisotopic (exact) mass is 226 g/mol. The van der Waals surface area contributed by atoms with Gasteiger partial charge in [-0.15, -0.1) is 0 Å². The zero-order chi connectivity index (χ0) is 12.3. The van der Waals surface area contributed by atoms with Gasteiger partial charge < -0.3 is 4.74 Å².